The molecule has 14 heteroatoms. The number of allylic oxidation sites excluding steroid dienone is 1. The van der Waals surface area contributed by atoms with Crippen molar-refractivity contribution in [1.29, 1.82) is 5.26 Å². The Balaban J connectivity index is 0.000000202. The molecule has 3 aliphatic carbocycles. The van der Waals surface area contributed by atoms with E-state index in [1.807, 2.05) is 17.9 Å². The third-order valence-electron chi connectivity index (χ3n) is 12.3. The van der Waals surface area contributed by atoms with Gasteiger partial charge in [-0.25, -0.2) is 9.37 Å². The highest BCUT2D eigenvalue weighted by Crippen LogP contribution is 2.43. The summed E-state index contributed by atoms with van der Waals surface area (Å²) < 4.78 is 21.0. The number of H-pyrrole nitrogens is 1. The van der Waals surface area contributed by atoms with Gasteiger partial charge in [0, 0.05) is 76.0 Å². The number of fused-ring (bicyclic) bond motifs is 4. The summed E-state index contributed by atoms with van der Waals surface area (Å²) in [6.45, 7) is 3.95. The van der Waals surface area contributed by atoms with Gasteiger partial charge in [0.1, 0.15) is 5.52 Å². The molecule has 3 saturated carbocycles. The lowest BCUT2D eigenvalue weighted by molar-refractivity contribution is -0.145. The molecule has 10 rings (SSSR count). The number of carbonyl (C=O) groups is 2. The van der Waals surface area contributed by atoms with E-state index in [0.717, 1.165) is 80.0 Å². The third-order valence-corrected chi connectivity index (χ3v) is 13.1. The molecule has 3 saturated heterocycles. The summed E-state index contributed by atoms with van der Waals surface area (Å²) in [5.41, 5.74) is 13.0. The van der Waals surface area contributed by atoms with Crippen molar-refractivity contribution < 1.29 is 18.7 Å². The first-order valence-corrected chi connectivity index (χ1v) is 20.8. The molecule has 3 unspecified atom stereocenters. The maximum Gasteiger partial charge on any atom is 0.308 e. The Labute approximate surface area is 342 Å². The number of esters is 1. The zero-order valence-electron chi connectivity index (χ0n) is 32.5. The maximum atomic E-state index is 16.3. The van der Waals surface area contributed by atoms with E-state index in [1.54, 1.807) is 24.4 Å². The first kappa shape index (κ1) is 40.8. The SMILES string of the molecule is C1NC2CC1C2.COC(=O)C1CCC(/C(N)=C/NN)C1.Cc1nc2c(F)c(-c3cccc(Cl)c3Cl)c(CCC#N)cc2c2[nH]c(C3CCCN3C(=O)C3CC3)cc12. The number of aromatic nitrogens is 2. The van der Waals surface area contributed by atoms with E-state index in [2.05, 4.69) is 37.6 Å². The van der Waals surface area contributed by atoms with Gasteiger partial charge in [-0.1, -0.05) is 35.3 Å². The summed E-state index contributed by atoms with van der Waals surface area (Å²) in [7, 11) is 1.41. The Kier molecular flexibility index (Phi) is 12.6. The molecule has 2 aromatic heterocycles. The number of amides is 1. The number of halogens is 3. The van der Waals surface area contributed by atoms with Crippen molar-refractivity contribution in [1.82, 2.24) is 25.6 Å². The molecule has 1 amide bonds. The minimum atomic E-state index is -0.484. The van der Waals surface area contributed by atoms with Crippen LogP contribution in [0.4, 0.5) is 4.39 Å². The second kappa shape index (κ2) is 17.6. The number of aromatic amines is 1. The fraction of sp³-hybridized carbons (Fsp3) is 0.488. The molecule has 5 heterocycles. The Hall–Kier alpha value is -4.41. The van der Waals surface area contributed by atoms with Crippen molar-refractivity contribution in [3.05, 3.63) is 75.0 Å². The third kappa shape index (κ3) is 8.58. The van der Waals surface area contributed by atoms with E-state index >= 15 is 4.39 Å². The molecule has 11 nitrogen and oxygen atoms in total. The van der Waals surface area contributed by atoms with Crippen molar-refractivity contribution in [2.75, 3.05) is 20.2 Å². The lowest BCUT2D eigenvalue weighted by Crippen LogP contribution is -2.31. The number of aryl methyl sites for hydroxylation is 2. The second-order valence-corrected chi connectivity index (χ2v) is 16.8. The number of nitrogens with one attached hydrogen (secondary N) is 3. The lowest BCUT2D eigenvalue weighted by atomic mass is 9.87. The van der Waals surface area contributed by atoms with Gasteiger partial charge in [-0.15, -0.1) is 0 Å². The van der Waals surface area contributed by atoms with Crippen LogP contribution in [0.5, 0.6) is 0 Å². The van der Waals surface area contributed by atoms with Crippen LogP contribution in [-0.2, 0) is 20.7 Å². The number of pyridine rings is 1. The number of methoxy groups -OCH3 is 1. The summed E-state index contributed by atoms with van der Waals surface area (Å²) in [5, 5.41) is 14.8. The fourth-order valence-electron chi connectivity index (χ4n) is 8.95. The molecule has 3 atom stereocenters. The summed E-state index contributed by atoms with van der Waals surface area (Å²) in [6, 6.07) is 12.2. The molecular weight excluding hydrogens is 766 g/mol. The van der Waals surface area contributed by atoms with Crippen molar-refractivity contribution in [3.8, 4) is 17.2 Å². The smallest absolute Gasteiger partial charge is 0.308 e. The summed E-state index contributed by atoms with van der Waals surface area (Å²) in [5.74, 6) is 6.23. The van der Waals surface area contributed by atoms with Crippen LogP contribution < -0.4 is 22.3 Å². The normalized spacial score (nSPS) is 23.6. The minimum Gasteiger partial charge on any atom is -0.469 e. The average molecular weight is 818 g/mol. The van der Waals surface area contributed by atoms with Gasteiger partial charge in [0.2, 0.25) is 5.91 Å². The number of nitrogens with two attached hydrogens (primary N) is 2. The van der Waals surface area contributed by atoms with E-state index in [9.17, 15) is 14.9 Å². The van der Waals surface area contributed by atoms with Crippen LogP contribution in [-0.4, -0.2) is 53.0 Å². The summed E-state index contributed by atoms with van der Waals surface area (Å²) in [4.78, 5) is 34.3. The fourth-order valence-corrected chi connectivity index (χ4v) is 9.34. The standard InChI is InChI=1S/C29H25Cl2FN4O.C9H17N3O2.C5H9N/c1-15-19-14-22(23-8-4-12-36(23)29(37)16-9-10-16)35-27(19)20-13-17(5-3-11-33)24(26(32)28(20)34-15)18-6-2-7-21(30)25(18)31;1-14-9(13)7-3-2-6(4-7)8(10)5-12-11;1-4-2-5(1)6-3-4/h2,6-7,13-14,16,23,35H,3-5,8-10,12H2,1H3;5-7,12H,2-4,10-11H2,1H3;4-6H,1-3H2/b;8-5-;. The number of likely N-dealkylation sites (tertiary alicyclic amines) is 1. The second-order valence-electron chi connectivity index (χ2n) is 16.0. The van der Waals surface area contributed by atoms with Crippen molar-refractivity contribution in [3.63, 3.8) is 0 Å². The zero-order chi connectivity index (χ0) is 40.4. The molecule has 0 radical (unpaired) electrons. The van der Waals surface area contributed by atoms with Gasteiger partial charge in [-0.05, 0) is 107 Å². The number of hydrogen-bond acceptors (Lipinski definition) is 9. The first-order chi connectivity index (χ1) is 27.5. The Morgan fingerprint density at radius 1 is 1.11 bits per heavy atom. The van der Waals surface area contributed by atoms with Gasteiger partial charge in [0.05, 0.1) is 40.7 Å². The molecule has 3 aliphatic heterocycles. The zero-order valence-corrected chi connectivity index (χ0v) is 34.0. The molecule has 7 N–H and O–H groups in total. The van der Waals surface area contributed by atoms with Gasteiger partial charge >= 0.3 is 5.97 Å². The van der Waals surface area contributed by atoms with Gasteiger partial charge in [0.15, 0.2) is 5.82 Å². The predicted molar refractivity (Wildman–Crippen MR) is 221 cm³/mol. The lowest BCUT2D eigenvalue weighted by Gasteiger charge is -2.24. The summed E-state index contributed by atoms with van der Waals surface area (Å²) in [6.07, 6.45) is 11.5. The number of ether oxygens (including phenoxy) is 1. The number of hydrogen-bond donors (Lipinski definition) is 5. The number of rotatable bonds is 8. The summed E-state index contributed by atoms with van der Waals surface area (Å²) >= 11 is 12.8. The van der Waals surface area contributed by atoms with Gasteiger partial charge in [0.25, 0.3) is 0 Å². The number of nitrogens with zero attached hydrogens (tertiary/aromatic N) is 3. The Morgan fingerprint density at radius 3 is 2.51 bits per heavy atom. The molecule has 6 fully saturated rings. The molecule has 57 heavy (non-hydrogen) atoms. The quantitative estimate of drug-likeness (QED) is 0.0673. The number of benzene rings is 2. The molecule has 2 aromatic carbocycles. The Bertz CT molecular complexity index is 2210. The predicted octanol–water partition coefficient (Wildman–Crippen LogP) is 7.87. The van der Waals surface area contributed by atoms with Crippen LogP contribution >= 0.6 is 23.2 Å². The topological polar surface area (TPSA) is 175 Å². The molecule has 0 spiro atoms. The van der Waals surface area contributed by atoms with Gasteiger partial charge in [-0.3, -0.25) is 15.4 Å². The Morgan fingerprint density at radius 2 is 1.86 bits per heavy atom. The maximum absolute atomic E-state index is 16.3. The van der Waals surface area contributed by atoms with Gasteiger partial charge in [-0.2, -0.15) is 5.26 Å². The number of hydrazine groups is 1. The van der Waals surface area contributed by atoms with Crippen LogP contribution in [0.15, 0.2) is 42.2 Å². The highest BCUT2D eigenvalue weighted by atomic mass is 35.5. The van der Waals surface area contributed by atoms with E-state index < -0.39 is 5.82 Å². The van der Waals surface area contributed by atoms with E-state index in [0.29, 0.717) is 44.9 Å². The first-order valence-electron chi connectivity index (χ1n) is 20.0. The monoisotopic (exact) mass is 816 g/mol. The van der Waals surface area contributed by atoms with E-state index in [1.165, 1.54) is 26.5 Å². The van der Waals surface area contributed by atoms with Crippen LogP contribution in [0.3, 0.4) is 0 Å². The van der Waals surface area contributed by atoms with Gasteiger partial charge < -0.3 is 31.1 Å². The van der Waals surface area contributed by atoms with Crippen molar-refractivity contribution >= 4 is 56.9 Å². The van der Waals surface area contributed by atoms with Crippen molar-refractivity contribution in [2.24, 2.45) is 35.2 Å². The number of nitriles is 1. The van der Waals surface area contributed by atoms with Crippen LogP contribution in [0.2, 0.25) is 10.0 Å². The van der Waals surface area contributed by atoms with Crippen LogP contribution in [0.25, 0.3) is 32.9 Å². The largest absolute Gasteiger partial charge is 0.469 e. The highest BCUT2D eigenvalue weighted by molar-refractivity contribution is 6.43. The van der Waals surface area contributed by atoms with Crippen LogP contribution in [0, 0.1) is 47.7 Å². The van der Waals surface area contributed by atoms with E-state index in [-0.39, 0.29) is 52.6 Å². The molecular formula is C43H51Cl2FN8O3. The van der Waals surface area contributed by atoms with E-state index in [4.69, 9.17) is 34.8 Å². The molecule has 4 aromatic rings. The van der Waals surface area contributed by atoms with Crippen molar-refractivity contribution in [2.45, 2.75) is 89.6 Å². The molecule has 6 aliphatic rings. The highest BCUT2D eigenvalue weighted by Gasteiger charge is 2.39. The molecule has 2 bridgehead atoms. The van der Waals surface area contributed by atoms with Crippen LogP contribution in [0.1, 0.15) is 87.2 Å². The average Bonchev–Trinajstić information content (AvgIpc) is 3.79. The number of carbonyl (C=O) groups excluding carboxylic acids is 2. The minimum absolute atomic E-state index is 0.00488. The molecule has 302 valence electrons.